The summed E-state index contributed by atoms with van der Waals surface area (Å²) < 4.78 is 19.4. The van der Waals surface area contributed by atoms with Crippen LogP contribution in [0.15, 0.2) is 35.0 Å². The number of aromatic amines is 1. The van der Waals surface area contributed by atoms with Crippen LogP contribution in [0.25, 0.3) is 11.0 Å². The van der Waals surface area contributed by atoms with Crippen LogP contribution in [0.2, 0.25) is 0 Å². The minimum absolute atomic E-state index is 0.146. The summed E-state index contributed by atoms with van der Waals surface area (Å²) in [6, 6.07) is 6.03. The number of halogens is 1. The summed E-state index contributed by atoms with van der Waals surface area (Å²) in [6.45, 7) is 0.636. The predicted octanol–water partition coefficient (Wildman–Crippen LogP) is 3.57. The van der Waals surface area contributed by atoms with Crippen molar-refractivity contribution in [2.45, 2.75) is 31.7 Å². The Morgan fingerprint density at radius 2 is 2.24 bits per heavy atom. The summed E-state index contributed by atoms with van der Waals surface area (Å²) in [7, 11) is 0. The number of carbonyl (C=O) groups is 1. The predicted molar refractivity (Wildman–Crippen MR) is 89.4 cm³/mol. The monoisotopic (exact) mass is 339 g/mol. The molecule has 1 N–H and O–H groups in total. The van der Waals surface area contributed by atoms with E-state index in [9.17, 15) is 9.18 Å². The van der Waals surface area contributed by atoms with Crippen LogP contribution in [0.3, 0.4) is 0 Å². The SMILES string of the molecule is O=C(CC1CC1)N1CCc2[nH]cnc2[C@H]1c1cc2ccc(F)cc2o1. The van der Waals surface area contributed by atoms with Crippen molar-refractivity contribution < 1.29 is 13.6 Å². The molecule has 0 saturated heterocycles. The van der Waals surface area contributed by atoms with Crippen molar-refractivity contribution in [1.82, 2.24) is 14.9 Å². The maximum Gasteiger partial charge on any atom is 0.223 e. The molecule has 25 heavy (non-hydrogen) atoms. The van der Waals surface area contributed by atoms with Crippen molar-refractivity contribution in [3.63, 3.8) is 0 Å². The molecule has 2 aliphatic rings. The fourth-order valence-corrected chi connectivity index (χ4v) is 3.68. The Hall–Kier alpha value is -2.63. The van der Waals surface area contributed by atoms with Crippen LogP contribution < -0.4 is 0 Å². The van der Waals surface area contributed by atoms with Gasteiger partial charge >= 0.3 is 0 Å². The summed E-state index contributed by atoms with van der Waals surface area (Å²) >= 11 is 0. The highest BCUT2D eigenvalue weighted by Crippen LogP contribution is 2.39. The molecule has 3 heterocycles. The van der Waals surface area contributed by atoms with Crippen molar-refractivity contribution in [3.8, 4) is 0 Å². The maximum absolute atomic E-state index is 13.5. The number of hydrogen-bond acceptors (Lipinski definition) is 3. The Kier molecular flexibility index (Phi) is 3.20. The highest BCUT2D eigenvalue weighted by atomic mass is 19.1. The summed E-state index contributed by atoms with van der Waals surface area (Å²) in [5.41, 5.74) is 2.36. The molecule has 0 spiro atoms. The molecule has 0 unspecified atom stereocenters. The number of amides is 1. The van der Waals surface area contributed by atoms with E-state index < -0.39 is 0 Å². The first-order valence-electron chi connectivity index (χ1n) is 8.69. The fourth-order valence-electron chi connectivity index (χ4n) is 3.68. The highest BCUT2D eigenvalue weighted by Gasteiger charge is 2.38. The normalized spacial score (nSPS) is 20.0. The van der Waals surface area contributed by atoms with Gasteiger partial charge in [-0.3, -0.25) is 4.79 Å². The first-order chi connectivity index (χ1) is 12.2. The van der Waals surface area contributed by atoms with Gasteiger partial charge < -0.3 is 14.3 Å². The van der Waals surface area contributed by atoms with Crippen molar-refractivity contribution >= 4 is 16.9 Å². The van der Waals surface area contributed by atoms with Crippen LogP contribution in [0.4, 0.5) is 4.39 Å². The van der Waals surface area contributed by atoms with E-state index >= 15 is 0 Å². The highest BCUT2D eigenvalue weighted by molar-refractivity contribution is 5.80. The van der Waals surface area contributed by atoms with Gasteiger partial charge in [0.05, 0.1) is 12.0 Å². The number of imidazole rings is 1. The number of nitrogens with one attached hydrogen (secondary N) is 1. The molecule has 1 saturated carbocycles. The van der Waals surface area contributed by atoms with Crippen LogP contribution in [0, 0.1) is 11.7 Å². The molecule has 1 aliphatic heterocycles. The third-order valence-corrected chi connectivity index (χ3v) is 5.18. The Morgan fingerprint density at radius 1 is 1.36 bits per heavy atom. The second-order valence-corrected chi connectivity index (χ2v) is 6.98. The second kappa shape index (κ2) is 5.44. The Bertz CT molecular complexity index is 957. The molecule has 1 aromatic carbocycles. The van der Waals surface area contributed by atoms with E-state index in [1.165, 1.54) is 12.1 Å². The summed E-state index contributed by atoms with van der Waals surface area (Å²) in [4.78, 5) is 22.3. The van der Waals surface area contributed by atoms with E-state index in [0.717, 1.165) is 36.0 Å². The number of furan rings is 1. The van der Waals surface area contributed by atoms with Crippen molar-refractivity contribution in [1.29, 1.82) is 0 Å². The first-order valence-corrected chi connectivity index (χ1v) is 8.69. The Labute approximate surface area is 143 Å². The van der Waals surface area contributed by atoms with Crippen LogP contribution in [0.1, 0.15) is 42.5 Å². The zero-order valence-corrected chi connectivity index (χ0v) is 13.7. The fraction of sp³-hybridized carbons (Fsp3) is 0.368. The van der Waals surface area contributed by atoms with Crippen LogP contribution in [-0.4, -0.2) is 27.3 Å². The van der Waals surface area contributed by atoms with Gasteiger partial charge in [0.1, 0.15) is 23.2 Å². The number of rotatable bonds is 3. The smallest absolute Gasteiger partial charge is 0.223 e. The number of fused-ring (bicyclic) bond motifs is 2. The number of benzene rings is 1. The third kappa shape index (κ3) is 2.52. The van der Waals surface area contributed by atoms with E-state index in [1.807, 2.05) is 11.0 Å². The lowest BCUT2D eigenvalue weighted by Crippen LogP contribution is -2.40. The lowest BCUT2D eigenvalue weighted by Gasteiger charge is -2.33. The zero-order valence-electron chi connectivity index (χ0n) is 13.7. The lowest BCUT2D eigenvalue weighted by molar-refractivity contribution is -0.134. The number of carbonyl (C=O) groups excluding carboxylic acids is 1. The van der Waals surface area contributed by atoms with Crippen LogP contribution in [-0.2, 0) is 11.2 Å². The van der Waals surface area contributed by atoms with Gasteiger partial charge in [-0.15, -0.1) is 0 Å². The van der Waals surface area contributed by atoms with Crippen molar-refractivity contribution in [2.75, 3.05) is 6.54 Å². The average molecular weight is 339 g/mol. The van der Waals surface area contributed by atoms with E-state index in [-0.39, 0.29) is 17.8 Å². The molecular weight excluding hydrogens is 321 g/mol. The number of hydrogen-bond donors (Lipinski definition) is 1. The van der Waals surface area contributed by atoms with Crippen LogP contribution >= 0.6 is 0 Å². The number of aromatic nitrogens is 2. The van der Waals surface area contributed by atoms with Gasteiger partial charge in [0, 0.05) is 36.5 Å². The Morgan fingerprint density at radius 3 is 3.08 bits per heavy atom. The van der Waals surface area contributed by atoms with Crippen molar-refractivity contribution in [2.24, 2.45) is 5.92 Å². The number of nitrogens with zero attached hydrogens (tertiary/aromatic N) is 2. The molecule has 5 rings (SSSR count). The summed E-state index contributed by atoms with van der Waals surface area (Å²) in [6.07, 6.45) is 5.29. The standard InChI is InChI=1S/C19H18FN3O2/c20-13-4-3-12-8-16(25-15(12)9-13)19-18-14(21-10-22-18)5-6-23(19)17(24)7-11-1-2-11/h3-4,8-11,19H,1-2,5-7H2,(H,21,22)/t19-/m1/s1. The minimum Gasteiger partial charge on any atom is -0.458 e. The van der Waals surface area contributed by atoms with E-state index in [1.54, 1.807) is 12.4 Å². The Balaban J connectivity index is 1.58. The molecule has 3 aromatic rings. The quantitative estimate of drug-likeness (QED) is 0.793. The molecule has 0 radical (unpaired) electrons. The van der Waals surface area contributed by atoms with Crippen LogP contribution in [0.5, 0.6) is 0 Å². The molecule has 5 nitrogen and oxygen atoms in total. The molecule has 2 aromatic heterocycles. The van der Waals surface area contributed by atoms with Gasteiger partial charge in [0.25, 0.3) is 0 Å². The molecule has 1 atom stereocenters. The topological polar surface area (TPSA) is 62.1 Å². The van der Waals surface area contributed by atoms with Gasteiger partial charge in [-0.05, 0) is 37.0 Å². The van der Waals surface area contributed by atoms with Gasteiger partial charge in [-0.25, -0.2) is 9.37 Å². The number of H-pyrrole nitrogens is 1. The van der Waals surface area contributed by atoms with Gasteiger partial charge in [0.15, 0.2) is 0 Å². The molecule has 1 fully saturated rings. The summed E-state index contributed by atoms with van der Waals surface area (Å²) in [5, 5.41) is 0.827. The van der Waals surface area contributed by atoms with Gasteiger partial charge in [-0.1, -0.05) is 0 Å². The molecule has 0 bridgehead atoms. The minimum atomic E-state index is -0.350. The molecule has 1 amide bonds. The second-order valence-electron chi connectivity index (χ2n) is 6.98. The van der Waals surface area contributed by atoms with E-state index in [2.05, 4.69) is 9.97 Å². The zero-order chi connectivity index (χ0) is 17.0. The van der Waals surface area contributed by atoms with E-state index in [0.29, 0.717) is 30.2 Å². The third-order valence-electron chi connectivity index (χ3n) is 5.18. The van der Waals surface area contributed by atoms with Gasteiger partial charge in [-0.2, -0.15) is 0 Å². The molecule has 1 aliphatic carbocycles. The van der Waals surface area contributed by atoms with Gasteiger partial charge in [0.2, 0.25) is 5.91 Å². The average Bonchev–Trinajstić information content (AvgIpc) is 3.12. The largest absolute Gasteiger partial charge is 0.458 e. The first kappa shape index (κ1) is 14.7. The maximum atomic E-state index is 13.5. The van der Waals surface area contributed by atoms with Crippen molar-refractivity contribution in [3.05, 3.63) is 53.6 Å². The molecule has 128 valence electrons. The lowest BCUT2D eigenvalue weighted by atomic mass is 9.99. The molecule has 6 heteroatoms. The molecular formula is C19H18FN3O2. The summed E-state index contributed by atoms with van der Waals surface area (Å²) in [5.74, 6) is 0.975. The van der Waals surface area contributed by atoms with E-state index in [4.69, 9.17) is 4.42 Å².